The van der Waals surface area contributed by atoms with Crippen molar-refractivity contribution in [2.75, 3.05) is 0 Å². The molecule has 1 aliphatic carbocycles. The molecule has 1 amide bonds. The Kier molecular flexibility index (Phi) is 4.29. The summed E-state index contributed by atoms with van der Waals surface area (Å²) in [5.41, 5.74) is 3.83. The smallest absolute Gasteiger partial charge is 0.226 e. The maximum absolute atomic E-state index is 13.4. The number of amides is 1. The third kappa shape index (κ3) is 3.44. The Morgan fingerprint density at radius 3 is 3.08 bits per heavy atom. The maximum Gasteiger partial charge on any atom is 0.226 e. The number of hydrogen-bond acceptors (Lipinski definition) is 2. The lowest BCUT2D eigenvalue weighted by Gasteiger charge is -2.25. The van der Waals surface area contributed by atoms with E-state index in [0.29, 0.717) is 6.42 Å². The molecule has 128 valence electrons. The predicted molar refractivity (Wildman–Crippen MR) is 97.0 cm³/mol. The molecule has 1 unspecified atom stereocenters. The van der Waals surface area contributed by atoms with E-state index in [2.05, 4.69) is 26.2 Å². The third-order valence-electron chi connectivity index (χ3n) is 4.65. The minimum Gasteiger partial charge on any atom is -0.353 e. The van der Waals surface area contributed by atoms with Crippen molar-refractivity contribution in [3.8, 4) is 0 Å². The summed E-state index contributed by atoms with van der Waals surface area (Å²) in [7, 11) is 0. The van der Waals surface area contributed by atoms with Gasteiger partial charge in [-0.2, -0.15) is 0 Å². The molecule has 2 heterocycles. The summed E-state index contributed by atoms with van der Waals surface area (Å²) in [6, 6.07) is 8.80. The van der Waals surface area contributed by atoms with Crippen molar-refractivity contribution in [1.82, 2.24) is 14.7 Å². The van der Waals surface area contributed by atoms with Gasteiger partial charge in [-0.15, -0.1) is 0 Å². The highest BCUT2D eigenvalue weighted by Crippen LogP contribution is 2.22. The van der Waals surface area contributed by atoms with Gasteiger partial charge in [-0.25, -0.2) is 9.37 Å². The number of rotatable bonds is 3. The number of aromatic nitrogens is 2. The first-order valence-electron chi connectivity index (χ1n) is 8.26. The average molecular weight is 402 g/mol. The zero-order valence-electron chi connectivity index (χ0n) is 13.5. The first kappa shape index (κ1) is 16.3. The van der Waals surface area contributed by atoms with Crippen molar-refractivity contribution in [2.24, 2.45) is 0 Å². The number of imidazole rings is 1. The van der Waals surface area contributed by atoms with E-state index in [0.717, 1.165) is 34.2 Å². The van der Waals surface area contributed by atoms with Gasteiger partial charge in [0.15, 0.2) is 0 Å². The molecule has 0 aliphatic heterocycles. The maximum atomic E-state index is 13.4. The summed E-state index contributed by atoms with van der Waals surface area (Å²) in [4.78, 5) is 16.8. The Balaban J connectivity index is 1.45. The van der Waals surface area contributed by atoms with Crippen LogP contribution in [-0.4, -0.2) is 21.3 Å². The lowest BCUT2D eigenvalue weighted by atomic mass is 9.88. The quantitative estimate of drug-likeness (QED) is 0.730. The highest BCUT2D eigenvalue weighted by Gasteiger charge is 2.21. The molecule has 0 fully saturated rings. The average Bonchev–Trinajstić information content (AvgIpc) is 2.96. The Morgan fingerprint density at radius 1 is 1.32 bits per heavy atom. The first-order valence-corrected chi connectivity index (χ1v) is 9.06. The van der Waals surface area contributed by atoms with E-state index >= 15 is 0 Å². The van der Waals surface area contributed by atoms with Crippen LogP contribution in [0, 0.1) is 5.82 Å². The molecule has 2 aromatic heterocycles. The number of nitrogens with zero attached hydrogens (tertiary/aromatic N) is 2. The van der Waals surface area contributed by atoms with E-state index in [9.17, 15) is 9.18 Å². The van der Waals surface area contributed by atoms with Crippen molar-refractivity contribution in [1.29, 1.82) is 0 Å². The number of benzene rings is 1. The number of halogens is 2. The van der Waals surface area contributed by atoms with Gasteiger partial charge in [-0.05, 0) is 70.6 Å². The van der Waals surface area contributed by atoms with Crippen LogP contribution < -0.4 is 5.32 Å². The fraction of sp³-hybridized carbons (Fsp3) is 0.263. The van der Waals surface area contributed by atoms with Gasteiger partial charge in [-0.3, -0.25) is 4.79 Å². The van der Waals surface area contributed by atoms with Gasteiger partial charge in [0.25, 0.3) is 0 Å². The van der Waals surface area contributed by atoms with Gasteiger partial charge in [0.05, 0.1) is 12.1 Å². The first-order chi connectivity index (χ1) is 12.1. The van der Waals surface area contributed by atoms with Gasteiger partial charge in [0.1, 0.15) is 11.5 Å². The van der Waals surface area contributed by atoms with Crippen LogP contribution in [0.15, 0.2) is 47.2 Å². The van der Waals surface area contributed by atoms with Crippen LogP contribution >= 0.6 is 15.9 Å². The van der Waals surface area contributed by atoms with Crippen LogP contribution in [-0.2, 0) is 24.1 Å². The third-order valence-corrected chi connectivity index (χ3v) is 5.12. The van der Waals surface area contributed by atoms with Crippen LogP contribution in [0.1, 0.15) is 23.2 Å². The van der Waals surface area contributed by atoms with Gasteiger partial charge in [0.2, 0.25) is 5.91 Å². The topological polar surface area (TPSA) is 46.4 Å². The highest BCUT2D eigenvalue weighted by atomic mass is 79.9. The summed E-state index contributed by atoms with van der Waals surface area (Å²) in [5.74, 6) is -0.256. The summed E-state index contributed by atoms with van der Waals surface area (Å²) < 4.78 is 16.3. The van der Waals surface area contributed by atoms with E-state index in [4.69, 9.17) is 0 Å². The molecule has 1 N–H and O–H groups in total. The fourth-order valence-corrected chi connectivity index (χ4v) is 3.76. The molecule has 0 radical (unpaired) electrons. The second-order valence-electron chi connectivity index (χ2n) is 6.42. The van der Waals surface area contributed by atoms with Crippen molar-refractivity contribution in [3.05, 3.63) is 69.8 Å². The summed E-state index contributed by atoms with van der Waals surface area (Å²) in [5, 5.41) is 3.08. The predicted octanol–water partition coefficient (Wildman–Crippen LogP) is 3.45. The largest absolute Gasteiger partial charge is 0.353 e. The monoisotopic (exact) mass is 401 g/mol. The number of pyridine rings is 1. The van der Waals surface area contributed by atoms with E-state index < -0.39 is 0 Å². The molecule has 25 heavy (non-hydrogen) atoms. The van der Waals surface area contributed by atoms with E-state index in [1.54, 1.807) is 12.3 Å². The summed E-state index contributed by atoms with van der Waals surface area (Å²) in [6.07, 6.45) is 6.32. The molecule has 0 saturated heterocycles. The molecule has 0 spiro atoms. The molecular weight excluding hydrogens is 385 g/mol. The molecule has 1 aromatic carbocycles. The van der Waals surface area contributed by atoms with Crippen LogP contribution in [0.4, 0.5) is 4.39 Å². The Hall–Kier alpha value is -2.21. The molecule has 1 atom stereocenters. The Bertz CT molecular complexity index is 953. The number of aryl methyl sites for hydroxylation is 1. The molecule has 4 nitrogen and oxygen atoms in total. The Morgan fingerprint density at radius 2 is 2.20 bits per heavy atom. The van der Waals surface area contributed by atoms with Crippen LogP contribution in [0.5, 0.6) is 0 Å². The Labute approximate surface area is 153 Å². The normalized spacial score (nSPS) is 16.6. The van der Waals surface area contributed by atoms with E-state index in [-0.39, 0.29) is 24.2 Å². The molecule has 0 saturated carbocycles. The van der Waals surface area contributed by atoms with Crippen molar-refractivity contribution >= 4 is 27.5 Å². The van der Waals surface area contributed by atoms with Crippen molar-refractivity contribution in [3.63, 3.8) is 0 Å². The van der Waals surface area contributed by atoms with Crippen LogP contribution in [0.2, 0.25) is 0 Å². The molecule has 6 heteroatoms. The van der Waals surface area contributed by atoms with Gasteiger partial charge in [0, 0.05) is 22.9 Å². The van der Waals surface area contributed by atoms with Gasteiger partial charge < -0.3 is 9.72 Å². The van der Waals surface area contributed by atoms with Crippen LogP contribution in [0.25, 0.3) is 5.65 Å². The number of carbonyl (C=O) groups excluding carboxylic acids is 1. The second kappa shape index (κ2) is 6.59. The number of fused-ring (bicyclic) bond motifs is 2. The fourth-order valence-electron chi connectivity index (χ4n) is 3.43. The minimum absolute atomic E-state index is 0.0355. The minimum atomic E-state index is -0.220. The van der Waals surface area contributed by atoms with Crippen LogP contribution in [0.3, 0.4) is 0 Å². The highest BCUT2D eigenvalue weighted by molar-refractivity contribution is 9.10. The molecular formula is C19H17BrFN3O. The van der Waals surface area contributed by atoms with Crippen molar-refractivity contribution < 1.29 is 9.18 Å². The number of carbonyl (C=O) groups is 1. The molecule has 0 bridgehead atoms. The zero-order chi connectivity index (χ0) is 17.4. The van der Waals surface area contributed by atoms with E-state index in [1.807, 2.05) is 28.8 Å². The SMILES string of the molecule is O=C(Cc1cnc2ccc(Br)cn12)NC1CCc2ccc(F)cc2C1. The molecule has 4 rings (SSSR count). The number of hydrogen-bond donors (Lipinski definition) is 1. The number of nitrogens with one attached hydrogen (secondary N) is 1. The van der Waals surface area contributed by atoms with Gasteiger partial charge >= 0.3 is 0 Å². The van der Waals surface area contributed by atoms with Crippen molar-refractivity contribution in [2.45, 2.75) is 31.7 Å². The summed E-state index contributed by atoms with van der Waals surface area (Å²) in [6.45, 7) is 0. The standard InChI is InChI=1S/C19H17BrFN3O/c20-14-3-6-18-22-10-17(24(18)11-14)9-19(25)23-16-5-2-12-1-4-15(21)7-13(12)8-16/h1,3-4,6-7,10-11,16H,2,5,8-9H2,(H,23,25). The zero-order valence-corrected chi connectivity index (χ0v) is 15.1. The summed E-state index contributed by atoms with van der Waals surface area (Å²) >= 11 is 3.44. The lowest BCUT2D eigenvalue weighted by molar-refractivity contribution is -0.121. The molecule has 3 aromatic rings. The van der Waals surface area contributed by atoms with Gasteiger partial charge in [-0.1, -0.05) is 6.07 Å². The van der Waals surface area contributed by atoms with E-state index in [1.165, 1.54) is 11.6 Å². The molecule has 1 aliphatic rings. The lowest BCUT2D eigenvalue weighted by Crippen LogP contribution is -2.39. The second-order valence-corrected chi connectivity index (χ2v) is 7.34.